The van der Waals surface area contributed by atoms with Crippen LogP contribution in [0.1, 0.15) is 20.8 Å². The number of hydrogen-bond acceptors (Lipinski definition) is 4. The van der Waals surface area contributed by atoms with Gasteiger partial charge >= 0.3 is 0 Å². The molecule has 0 atom stereocenters. The third-order valence-corrected chi connectivity index (χ3v) is 4.14. The standard InChI is InChI=1S/C13H20N2O4S/c1-5-14-20(17,18)10-6-7-12(19-4)11(8-10)15-13(16)9(2)3/h6-9,14H,5H2,1-4H3,(H,15,16). The summed E-state index contributed by atoms with van der Waals surface area (Å²) < 4.78 is 31.4. The summed E-state index contributed by atoms with van der Waals surface area (Å²) in [6, 6.07) is 4.33. The van der Waals surface area contributed by atoms with Crippen LogP contribution in [0.25, 0.3) is 0 Å². The number of benzene rings is 1. The number of amides is 1. The van der Waals surface area contributed by atoms with Crippen molar-refractivity contribution < 1.29 is 17.9 Å². The average molecular weight is 300 g/mol. The number of ether oxygens (including phenoxy) is 1. The van der Waals surface area contributed by atoms with Crippen molar-refractivity contribution in [3.8, 4) is 5.75 Å². The third-order valence-electron chi connectivity index (χ3n) is 2.60. The van der Waals surface area contributed by atoms with Crippen LogP contribution in [-0.2, 0) is 14.8 Å². The van der Waals surface area contributed by atoms with E-state index >= 15 is 0 Å². The second kappa shape index (κ2) is 6.71. The first-order valence-electron chi connectivity index (χ1n) is 6.30. The van der Waals surface area contributed by atoms with E-state index in [1.807, 2.05) is 0 Å². The molecule has 1 amide bonds. The molecule has 0 saturated carbocycles. The van der Waals surface area contributed by atoms with Crippen molar-refractivity contribution in [3.05, 3.63) is 18.2 Å². The Balaban J connectivity index is 3.18. The van der Waals surface area contributed by atoms with Gasteiger partial charge in [-0.3, -0.25) is 4.79 Å². The number of rotatable bonds is 6. The zero-order chi connectivity index (χ0) is 15.3. The molecule has 0 aliphatic heterocycles. The number of sulfonamides is 1. The van der Waals surface area contributed by atoms with E-state index in [1.165, 1.54) is 25.3 Å². The first kappa shape index (κ1) is 16.5. The highest BCUT2D eigenvalue weighted by Crippen LogP contribution is 2.27. The summed E-state index contributed by atoms with van der Waals surface area (Å²) >= 11 is 0. The molecule has 1 aromatic carbocycles. The van der Waals surface area contributed by atoms with Gasteiger partial charge in [-0.15, -0.1) is 0 Å². The summed E-state index contributed by atoms with van der Waals surface area (Å²) in [5.41, 5.74) is 0.338. The van der Waals surface area contributed by atoms with Gasteiger partial charge in [-0.25, -0.2) is 13.1 Å². The van der Waals surface area contributed by atoms with Gasteiger partial charge in [0, 0.05) is 12.5 Å². The van der Waals surface area contributed by atoms with Gasteiger partial charge in [0.2, 0.25) is 15.9 Å². The number of anilines is 1. The van der Waals surface area contributed by atoms with Crippen LogP contribution in [0, 0.1) is 5.92 Å². The molecule has 0 fully saturated rings. The van der Waals surface area contributed by atoms with Crippen molar-refractivity contribution in [2.45, 2.75) is 25.7 Å². The van der Waals surface area contributed by atoms with E-state index < -0.39 is 10.0 Å². The summed E-state index contributed by atoms with van der Waals surface area (Å²) in [5, 5.41) is 2.66. The predicted octanol–water partition coefficient (Wildman–Crippen LogP) is 1.59. The van der Waals surface area contributed by atoms with Crippen LogP contribution >= 0.6 is 0 Å². The van der Waals surface area contributed by atoms with Crippen molar-refractivity contribution in [2.75, 3.05) is 19.0 Å². The minimum atomic E-state index is -3.57. The Hall–Kier alpha value is -1.60. The lowest BCUT2D eigenvalue weighted by atomic mass is 10.2. The Labute approximate surface area is 119 Å². The number of nitrogens with one attached hydrogen (secondary N) is 2. The summed E-state index contributed by atoms with van der Waals surface area (Å²) in [7, 11) is -2.11. The molecule has 1 aromatic rings. The van der Waals surface area contributed by atoms with Gasteiger partial charge in [-0.05, 0) is 18.2 Å². The van der Waals surface area contributed by atoms with Crippen LogP contribution in [0.2, 0.25) is 0 Å². The molecular weight excluding hydrogens is 280 g/mol. The minimum Gasteiger partial charge on any atom is -0.495 e. The van der Waals surface area contributed by atoms with Crippen molar-refractivity contribution in [1.29, 1.82) is 0 Å². The molecule has 6 nitrogen and oxygen atoms in total. The van der Waals surface area contributed by atoms with Gasteiger partial charge < -0.3 is 10.1 Å². The maximum absolute atomic E-state index is 11.9. The maximum Gasteiger partial charge on any atom is 0.240 e. The molecule has 0 aliphatic carbocycles. The number of methoxy groups -OCH3 is 1. The van der Waals surface area contributed by atoms with Gasteiger partial charge in [-0.2, -0.15) is 0 Å². The molecule has 0 saturated heterocycles. The Morgan fingerprint density at radius 1 is 1.35 bits per heavy atom. The fourth-order valence-electron chi connectivity index (χ4n) is 1.50. The van der Waals surface area contributed by atoms with Crippen LogP contribution in [0.15, 0.2) is 23.1 Å². The van der Waals surface area contributed by atoms with E-state index in [9.17, 15) is 13.2 Å². The second-order valence-electron chi connectivity index (χ2n) is 4.51. The molecule has 0 spiro atoms. The van der Waals surface area contributed by atoms with Gasteiger partial charge in [0.25, 0.3) is 0 Å². The fraction of sp³-hybridized carbons (Fsp3) is 0.462. The number of carbonyl (C=O) groups is 1. The van der Waals surface area contributed by atoms with E-state index in [-0.39, 0.29) is 16.7 Å². The second-order valence-corrected chi connectivity index (χ2v) is 6.27. The van der Waals surface area contributed by atoms with Gasteiger partial charge in [-0.1, -0.05) is 20.8 Å². The maximum atomic E-state index is 11.9. The lowest BCUT2D eigenvalue weighted by Gasteiger charge is -2.13. The monoisotopic (exact) mass is 300 g/mol. The zero-order valence-corrected chi connectivity index (χ0v) is 12.9. The largest absolute Gasteiger partial charge is 0.495 e. The Morgan fingerprint density at radius 2 is 2.00 bits per heavy atom. The van der Waals surface area contributed by atoms with Crippen LogP contribution in [0.4, 0.5) is 5.69 Å². The minimum absolute atomic E-state index is 0.0826. The molecule has 2 N–H and O–H groups in total. The zero-order valence-electron chi connectivity index (χ0n) is 12.1. The van der Waals surface area contributed by atoms with Crippen molar-refractivity contribution in [3.63, 3.8) is 0 Å². The van der Waals surface area contributed by atoms with E-state index in [1.54, 1.807) is 20.8 Å². The van der Waals surface area contributed by atoms with Gasteiger partial charge in [0.05, 0.1) is 17.7 Å². The van der Waals surface area contributed by atoms with Crippen LogP contribution in [0.3, 0.4) is 0 Å². The quantitative estimate of drug-likeness (QED) is 0.835. The molecule has 0 bridgehead atoms. The molecule has 0 aliphatic rings. The topological polar surface area (TPSA) is 84.5 Å². The molecular formula is C13H20N2O4S. The first-order chi connectivity index (χ1) is 9.31. The molecule has 0 unspecified atom stereocenters. The van der Waals surface area contributed by atoms with E-state index in [2.05, 4.69) is 10.0 Å². The molecule has 0 radical (unpaired) electrons. The highest BCUT2D eigenvalue weighted by Gasteiger charge is 2.17. The highest BCUT2D eigenvalue weighted by molar-refractivity contribution is 7.89. The van der Waals surface area contributed by atoms with Crippen LogP contribution in [-0.4, -0.2) is 28.0 Å². The molecule has 0 aromatic heterocycles. The summed E-state index contributed by atoms with van der Waals surface area (Å²) in [4.78, 5) is 11.8. The molecule has 7 heteroatoms. The fourth-order valence-corrected chi connectivity index (χ4v) is 2.57. The van der Waals surface area contributed by atoms with Gasteiger partial charge in [0.1, 0.15) is 5.75 Å². The lowest BCUT2D eigenvalue weighted by Crippen LogP contribution is -2.23. The third kappa shape index (κ3) is 3.94. The highest BCUT2D eigenvalue weighted by atomic mass is 32.2. The predicted molar refractivity (Wildman–Crippen MR) is 77.3 cm³/mol. The van der Waals surface area contributed by atoms with Crippen molar-refractivity contribution in [1.82, 2.24) is 4.72 Å². The molecule has 112 valence electrons. The van der Waals surface area contributed by atoms with E-state index in [0.717, 1.165) is 0 Å². The summed E-state index contributed by atoms with van der Waals surface area (Å²) in [6.45, 7) is 5.49. The average Bonchev–Trinajstić information content (AvgIpc) is 2.38. The number of hydrogen-bond donors (Lipinski definition) is 2. The molecule has 1 rings (SSSR count). The smallest absolute Gasteiger partial charge is 0.240 e. The van der Waals surface area contributed by atoms with Crippen molar-refractivity contribution in [2.24, 2.45) is 5.92 Å². The Morgan fingerprint density at radius 3 is 2.50 bits per heavy atom. The van der Waals surface area contributed by atoms with Gasteiger partial charge in [0.15, 0.2) is 0 Å². The van der Waals surface area contributed by atoms with Crippen LogP contribution < -0.4 is 14.8 Å². The van der Waals surface area contributed by atoms with Crippen molar-refractivity contribution >= 4 is 21.6 Å². The lowest BCUT2D eigenvalue weighted by molar-refractivity contribution is -0.118. The Kier molecular flexibility index (Phi) is 5.52. The van der Waals surface area contributed by atoms with E-state index in [0.29, 0.717) is 18.0 Å². The SMILES string of the molecule is CCNS(=O)(=O)c1ccc(OC)c(NC(=O)C(C)C)c1. The van der Waals surface area contributed by atoms with E-state index in [4.69, 9.17) is 4.74 Å². The first-order valence-corrected chi connectivity index (χ1v) is 7.78. The summed E-state index contributed by atoms with van der Waals surface area (Å²) in [6.07, 6.45) is 0. The van der Waals surface area contributed by atoms with Crippen LogP contribution in [0.5, 0.6) is 5.75 Å². The molecule has 20 heavy (non-hydrogen) atoms. The Bertz CT molecular complexity index is 582. The normalized spacial score (nSPS) is 11.4. The molecule has 0 heterocycles. The summed E-state index contributed by atoms with van der Waals surface area (Å²) in [5.74, 6) is -0.00974. The number of carbonyl (C=O) groups excluding carboxylic acids is 1.